The molecule has 0 aliphatic carbocycles. The van der Waals surface area contributed by atoms with Crippen molar-refractivity contribution in [3.63, 3.8) is 0 Å². The second kappa shape index (κ2) is 3.38. The predicted molar refractivity (Wildman–Crippen MR) is 85.2 cm³/mol. The third kappa shape index (κ3) is 1.04. The lowest BCUT2D eigenvalue weighted by Gasteiger charge is -2.02. The number of hydrogen-bond donors (Lipinski definition) is 0. The topological polar surface area (TPSA) is 21.5 Å². The summed E-state index contributed by atoms with van der Waals surface area (Å²) >= 11 is 1.72. The van der Waals surface area contributed by atoms with E-state index in [9.17, 15) is 4.79 Å². The van der Waals surface area contributed by atoms with Crippen LogP contribution < -0.4 is 5.56 Å². The quantitative estimate of drug-likeness (QED) is 0.414. The fourth-order valence-corrected chi connectivity index (χ4v) is 4.26. The molecule has 0 saturated carbocycles. The Morgan fingerprint density at radius 1 is 0.800 bits per heavy atom. The summed E-state index contributed by atoms with van der Waals surface area (Å²) in [6.07, 6.45) is 0. The standard InChI is InChI=1S/C17H9NOS/c19-17-11-6-2-1-5-10(11)13-9-20-16-12-7-3-4-8-14(12)18(17)15(13)16/h1-9H. The van der Waals surface area contributed by atoms with Crippen LogP contribution in [0.4, 0.5) is 0 Å². The minimum Gasteiger partial charge on any atom is -0.274 e. The molecule has 0 amide bonds. The lowest BCUT2D eigenvalue weighted by atomic mass is 10.1. The summed E-state index contributed by atoms with van der Waals surface area (Å²) in [6.45, 7) is 0. The molecule has 3 heteroatoms. The van der Waals surface area contributed by atoms with E-state index < -0.39 is 0 Å². The largest absolute Gasteiger partial charge is 0.274 e. The highest BCUT2D eigenvalue weighted by Gasteiger charge is 2.17. The number of para-hydroxylation sites is 1. The Hall–Kier alpha value is -2.39. The van der Waals surface area contributed by atoms with Crippen LogP contribution in [-0.2, 0) is 0 Å². The average molecular weight is 275 g/mol. The van der Waals surface area contributed by atoms with Gasteiger partial charge in [0.25, 0.3) is 5.56 Å². The van der Waals surface area contributed by atoms with Gasteiger partial charge in [-0.3, -0.25) is 9.20 Å². The fraction of sp³-hybridized carbons (Fsp3) is 0. The minimum absolute atomic E-state index is 0.0812. The molecule has 0 bridgehead atoms. The van der Waals surface area contributed by atoms with Gasteiger partial charge in [0.15, 0.2) is 0 Å². The van der Waals surface area contributed by atoms with Gasteiger partial charge in [-0.05, 0) is 17.5 Å². The molecule has 3 aromatic heterocycles. The molecule has 0 aliphatic rings. The van der Waals surface area contributed by atoms with Crippen molar-refractivity contribution >= 4 is 48.6 Å². The molecule has 2 nitrogen and oxygen atoms in total. The number of rotatable bonds is 0. The molecule has 0 spiro atoms. The van der Waals surface area contributed by atoms with Gasteiger partial charge in [0.1, 0.15) is 0 Å². The molecule has 0 saturated heterocycles. The first-order valence-electron chi connectivity index (χ1n) is 6.51. The number of aromatic nitrogens is 1. The zero-order valence-electron chi connectivity index (χ0n) is 10.5. The van der Waals surface area contributed by atoms with Crippen LogP contribution in [0.5, 0.6) is 0 Å². The first-order valence-corrected chi connectivity index (χ1v) is 7.39. The van der Waals surface area contributed by atoms with Crippen LogP contribution in [0.2, 0.25) is 0 Å². The Morgan fingerprint density at radius 3 is 2.35 bits per heavy atom. The van der Waals surface area contributed by atoms with E-state index in [2.05, 4.69) is 11.4 Å². The van der Waals surface area contributed by atoms with E-state index in [4.69, 9.17) is 0 Å². The van der Waals surface area contributed by atoms with Crippen molar-refractivity contribution in [3.8, 4) is 0 Å². The minimum atomic E-state index is 0.0812. The van der Waals surface area contributed by atoms with Crippen LogP contribution in [0.15, 0.2) is 58.7 Å². The molecule has 0 fully saturated rings. The normalized spacial score (nSPS) is 12.2. The fourth-order valence-electron chi connectivity index (χ4n) is 3.17. The van der Waals surface area contributed by atoms with E-state index in [1.54, 1.807) is 11.3 Å². The van der Waals surface area contributed by atoms with Crippen molar-refractivity contribution < 1.29 is 0 Å². The lowest BCUT2D eigenvalue weighted by Crippen LogP contribution is -2.12. The molecule has 5 aromatic rings. The summed E-state index contributed by atoms with van der Waals surface area (Å²) in [4.78, 5) is 12.8. The molecular formula is C17H9NOS. The lowest BCUT2D eigenvalue weighted by molar-refractivity contribution is 1.21. The van der Waals surface area contributed by atoms with E-state index in [1.807, 2.05) is 46.9 Å². The summed E-state index contributed by atoms with van der Waals surface area (Å²) in [6, 6.07) is 16.0. The van der Waals surface area contributed by atoms with Gasteiger partial charge in [0.2, 0.25) is 0 Å². The summed E-state index contributed by atoms with van der Waals surface area (Å²) in [5.74, 6) is 0. The molecule has 94 valence electrons. The van der Waals surface area contributed by atoms with Crippen molar-refractivity contribution in [1.82, 2.24) is 4.40 Å². The second-order valence-electron chi connectivity index (χ2n) is 5.03. The molecule has 20 heavy (non-hydrogen) atoms. The Labute approximate surface area is 117 Å². The molecule has 0 aliphatic heterocycles. The van der Waals surface area contributed by atoms with Crippen molar-refractivity contribution in [2.75, 3.05) is 0 Å². The Bertz CT molecular complexity index is 1170. The molecular weight excluding hydrogens is 266 g/mol. The van der Waals surface area contributed by atoms with Gasteiger partial charge < -0.3 is 0 Å². The predicted octanol–water partition coefficient (Wildman–Crippen LogP) is 4.26. The second-order valence-corrected chi connectivity index (χ2v) is 5.91. The SMILES string of the molecule is O=c1c2ccccc2c2csc3c4ccccc4n1c23. The number of benzene rings is 2. The maximum absolute atomic E-state index is 12.8. The maximum atomic E-state index is 12.8. The van der Waals surface area contributed by atoms with Crippen molar-refractivity contribution in [2.45, 2.75) is 0 Å². The monoisotopic (exact) mass is 275 g/mol. The Balaban J connectivity index is 2.32. The number of fused-ring (bicyclic) bond motifs is 5. The van der Waals surface area contributed by atoms with Crippen molar-refractivity contribution in [1.29, 1.82) is 0 Å². The first-order chi connectivity index (χ1) is 9.86. The number of pyridine rings is 1. The molecule has 0 atom stereocenters. The summed E-state index contributed by atoms with van der Waals surface area (Å²) < 4.78 is 3.08. The molecule has 0 radical (unpaired) electrons. The molecule has 2 aromatic carbocycles. The van der Waals surface area contributed by atoms with Gasteiger partial charge in [0, 0.05) is 21.5 Å². The summed E-state index contributed by atoms with van der Waals surface area (Å²) in [7, 11) is 0. The van der Waals surface area contributed by atoms with E-state index in [0.29, 0.717) is 0 Å². The first kappa shape index (κ1) is 10.4. The van der Waals surface area contributed by atoms with Crippen LogP contribution >= 0.6 is 11.3 Å². The third-order valence-corrected chi connectivity index (χ3v) is 5.03. The smallest absolute Gasteiger partial charge is 0.263 e. The van der Waals surface area contributed by atoms with Crippen LogP contribution in [0.1, 0.15) is 0 Å². The van der Waals surface area contributed by atoms with Crippen molar-refractivity contribution in [3.05, 3.63) is 64.3 Å². The van der Waals surface area contributed by atoms with Gasteiger partial charge in [-0.1, -0.05) is 36.4 Å². The molecule has 5 rings (SSSR count). The zero-order valence-corrected chi connectivity index (χ0v) is 11.3. The third-order valence-electron chi connectivity index (χ3n) is 4.03. The van der Waals surface area contributed by atoms with Crippen LogP contribution in [0, 0.1) is 0 Å². The van der Waals surface area contributed by atoms with Gasteiger partial charge in [0.05, 0.1) is 15.7 Å². The van der Waals surface area contributed by atoms with E-state index in [-0.39, 0.29) is 5.56 Å². The van der Waals surface area contributed by atoms with Gasteiger partial charge in [-0.25, -0.2) is 0 Å². The molecule has 0 unspecified atom stereocenters. The zero-order chi connectivity index (χ0) is 13.3. The summed E-state index contributed by atoms with van der Waals surface area (Å²) in [5, 5.41) is 6.36. The van der Waals surface area contributed by atoms with Gasteiger partial charge in [-0.15, -0.1) is 11.3 Å². The van der Waals surface area contributed by atoms with Crippen LogP contribution in [0.25, 0.3) is 37.3 Å². The van der Waals surface area contributed by atoms with Gasteiger partial charge >= 0.3 is 0 Å². The van der Waals surface area contributed by atoms with Crippen molar-refractivity contribution in [2.24, 2.45) is 0 Å². The highest BCUT2D eigenvalue weighted by molar-refractivity contribution is 7.19. The van der Waals surface area contributed by atoms with Gasteiger partial charge in [-0.2, -0.15) is 0 Å². The maximum Gasteiger partial charge on any atom is 0.263 e. The number of hydrogen-bond acceptors (Lipinski definition) is 2. The Morgan fingerprint density at radius 2 is 1.50 bits per heavy atom. The van der Waals surface area contributed by atoms with E-state index in [1.165, 1.54) is 15.5 Å². The Kier molecular flexibility index (Phi) is 1.76. The summed E-state index contributed by atoms with van der Waals surface area (Å²) in [5.41, 5.74) is 2.16. The van der Waals surface area contributed by atoms with Crippen LogP contribution in [-0.4, -0.2) is 4.40 Å². The number of nitrogens with zero attached hydrogens (tertiary/aromatic N) is 1. The number of thiophene rings is 1. The molecule has 3 heterocycles. The van der Waals surface area contributed by atoms with E-state index in [0.717, 1.165) is 21.8 Å². The van der Waals surface area contributed by atoms with E-state index >= 15 is 0 Å². The highest BCUT2D eigenvalue weighted by Crippen LogP contribution is 2.38. The average Bonchev–Trinajstić information content (AvgIpc) is 3.05. The van der Waals surface area contributed by atoms with Crippen LogP contribution in [0.3, 0.4) is 0 Å². The highest BCUT2D eigenvalue weighted by atomic mass is 32.1. The molecule has 0 N–H and O–H groups in total.